The van der Waals surface area contributed by atoms with Gasteiger partial charge in [0.1, 0.15) is 13.2 Å². The lowest BCUT2D eigenvalue weighted by atomic mass is 10.0. The minimum absolute atomic E-state index is 0.0666. The number of carbonyl (C=O) groups is 3. The van der Waals surface area contributed by atoms with Gasteiger partial charge in [-0.05, 0) is 64.2 Å². The Balaban J connectivity index is 4.17. The van der Waals surface area contributed by atoms with Crippen molar-refractivity contribution in [2.45, 2.75) is 386 Å². The Morgan fingerprint density at radius 2 is 0.481 bits per heavy atom. The molecule has 0 bridgehead atoms. The summed E-state index contributed by atoms with van der Waals surface area (Å²) in [5.74, 6) is -0.839. The molecule has 0 aliphatic rings. The average Bonchev–Trinajstić information content (AvgIpc) is 3.47. The van der Waals surface area contributed by atoms with Crippen molar-refractivity contribution >= 4 is 17.9 Å². The van der Waals surface area contributed by atoms with Crippen LogP contribution in [-0.4, -0.2) is 37.2 Å². The van der Waals surface area contributed by atoms with Crippen LogP contribution in [0.2, 0.25) is 0 Å². The standard InChI is InChI=1S/C75H136O6/c1-4-7-10-13-16-19-22-25-27-29-31-33-34-35-36-37-38-39-40-41-42-43-45-46-48-50-53-56-59-62-65-68-74(77)80-71-72(70-79-73(76)67-64-61-58-55-52-24-21-18-15-12-9-6-3)81-75(78)69-66-63-60-57-54-51-49-47-44-32-30-28-26-23-20-17-14-11-8-5-2/h7,10,16,19,25,27,31,33,35-36,72H,4-6,8-9,11-15,17-18,20-24,26,28-30,32,34,37-71H2,1-3H3/b10-7-,19-16-,27-25-,33-31-,36-35-. The minimum atomic E-state index is -0.770. The van der Waals surface area contributed by atoms with Crippen LogP contribution in [0.15, 0.2) is 60.8 Å². The van der Waals surface area contributed by atoms with E-state index in [0.29, 0.717) is 19.3 Å². The number of hydrogen-bond acceptors (Lipinski definition) is 6. The molecule has 0 aromatic rings. The molecule has 6 nitrogen and oxygen atoms in total. The van der Waals surface area contributed by atoms with E-state index >= 15 is 0 Å². The number of rotatable bonds is 66. The first-order chi connectivity index (χ1) is 40.0. The van der Waals surface area contributed by atoms with Crippen molar-refractivity contribution in [3.63, 3.8) is 0 Å². The second kappa shape index (κ2) is 69.6. The van der Waals surface area contributed by atoms with Gasteiger partial charge in [-0.2, -0.15) is 0 Å². The smallest absolute Gasteiger partial charge is 0.306 e. The van der Waals surface area contributed by atoms with E-state index in [0.717, 1.165) is 89.9 Å². The van der Waals surface area contributed by atoms with Crippen molar-refractivity contribution in [1.29, 1.82) is 0 Å². The van der Waals surface area contributed by atoms with Crippen LogP contribution < -0.4 is 0 Å². The van der Waals surface area contributed by atoms with E-state index in [1.807, 2.05) is 0 Å². The van der Waals surface area contributed by atoms with E-state index in [4.69, 9.17) is 14.2 Å². The molecule has 1 unspecified atom stereocenters. The van der Waals surface area contributed by atoms with Gasteiger partial charge in [-0.1, -0.05) is 358 Å². The van der Waals surface area contributed by atoms with Crippen LogP contribution in [0.3, 0.4) is 0 Å². The Labute approximate surface area is 504 Å². The van der Waals surface area contributed by atoms with Gasteiger partial charge in [0.05, 0.1) is 0 Å². The lowest BCUT2D eigenvalue weighted by molar-refractivity contribution is -0.167. The molecule has 0 aliphatic heterocycles. The van der Waals surface area contributed by atoms with Crippen LogP contribution in [0.5, 0.6) is 0 Å². The zero-order valence-corrected chi connectivity index (χ0v) is 54.3. The highest BCUT2D eigenvalue weighted by molar-refractivity contribution is 5.71. The Hall–Kier alpha value is -2.89. The summed E-state index contributed by atoms with van der Waals surface area (Å²) >= 11 is 0. The molecule has 0 heterocycles. The average molecular weight is 1130 g/mol. The zero-order valence-electron chi connectivity index (χ0n) is 54.3. The lowest BCUT2D eigenvalue weighted by Crippen LogP contribution is -2.30. The largest absolute Gasteiger partial charge is 0.462 e. The molecule has 1 atom stereocenters. The molecule has 0 saturated carbocycles. The number of esters is 3. The number of allylic oxidation sites excluding steroid dienone is 10. The SMILES string of the molecule is CC/C=C\C/C=C\C/C=C\C/C=C\C/C=C\CCCCCCCCCCCCCCCCCC(=O)OCC(COC(=O)CCCCCCCCCCCCCC)OC(=O)CCCCCCCCCCCCCCCCCCCCCC. The summed E-state index contributed by atoms with van der Waals surface area (Å²) in [4.78, 5) is 38.4. The molecule has 0 N–H and O–H groups in total. The van der Waals surface area contributed by atoms with E-state index in [2.05, 4.69) is 81.5 Å². The highest BCUT2D eigenvalue weighted by atomic mass is 16.6. The molecule has 0 aromatic carbocycles. The molecule has 472 valence electrons. The van der Waals surface area contributed by atoms with Crippen LogP contribution in [0.4, 0.5) is 0 Å². The summed E-state index contributed by atoms with van der Waals surface area (Å²) < 4.78 is 17.0. The summed E-state index contributed by atoms with van der Waals surface area (Å²) in [5, 5.41) is 0. The summed E-state index contributed by atoms with van der Waals surface area (Å²) in [6.45, 7) is 6.59. The first-order valence-electron chi connectivity index (χ1n) is 35.8. The molecule has 6 heteroatoms. The quantitative estimate of drug-likeness (QED) is 0.0261. The Kier molecular flexibility index (Phi) is 67.1. The molecule has 0 aliphatic carbocycles. The van der Waals surface area contributed by atoms with Gasteiger partial charge in [-0.3, -0.25) is 14.4 Å². The Bertz CT molecular complexity index is 1440. The highest BCUT2D eigenvalue weighted by Gasteiger charge is 2.19. The van der Waals surface area contributed by atoms with Crippen LogP contribution >= 0.6 is 0 Å². The Morgan fingerprint density at radius 1 is 0.259 bits per heavy atom. The lowest BCUT2D eigenvalue weighted by Gasteiger charge is -2.18. The number of ether oxygens (including phenoxy) is 3. The predicted molar refractivity (Wildman–Crippen MR) is 353 cm³/mol. The van der Waals surface area contributed by atoms with E-state index in [9.17, 15) is 14.4 Å². The third-order valence-electron chi connectivity index (χ3n) is 16.0. The minimum Gasteiger partial charge on any atom is -0.462 e. The zero-order chi connectivity index (χ0) is 58.5. The molecule has 0 saturated heterocycles. The van der Waals surface area contributed by atoms with Crippen molar-refractivity contribution in [3.05, 3.63) is 60.8 Å². The molecule has 0 radical (unpaired) electrons. The fourth-order valence-corrected chi connectivity index (χ4v) is 10.7. The molecule has 0 spiro atoms. The van der Waals surface area contributed by atoms with E-state index in [-0.39, 0.29) is 31.1 Å². The normalized spacial score (nSPS) is 12.4. The van der Waals surface area contributed by atoms with E-state index < -0.39 is 6.10 Å². The van der Waals surface area contributed by atoms with Crippen LogP contribution in [0.1, 0.15) is 380 Å². The van der Waals surface area contributed by atoms with E-state index in [1.165, 1.54) is 250 Å². The molecular weight excluding hydrogens is 997 g/mol. The monoisotopic (exact) mass is 1130 g/mol. The van der Waals surface area contributed by atoms with E-state index in [1.54, 1.807) is 0 Å². The maximum atomic E-state index is 12.9. The third kappa shape index (κ3) is 67.8. The van der Waals surface area contributed by atoms with Gasteiger partial charge in [0.25, 0.3) is 0 Å². The van der Waals surface area contributed by atoms with Crippen LogP contribution in [0.25, 0.3) is 0 Å². The summed E-state index contributed by atoms with van der Waals surface area (Å²) in [7, 11) is 0. The Morgan fingerprint density at radius 3 is 0.753 bits per heavy atom. The van der Waals surface area contributed by atoms with Gasteiger partial charge in [-0.25, -0.2) is 0 Å². The molecule has 0 fully saturated rings. The molecule has 0 amide bonds. The van der Waals surface area contributed by atoms with Crippen LogP contribution in [0, 0.1) is 0 Å². The van der Waals surface area contributed by atoms with Gasteiger partial charge in [0.15, 0.2) is 6.10 Å². The first-order valence-corrected chi connectivity index (χ1v) is 35.8. The molecule has 0 rings (SSSR count). The van der Waals surface area contributed by atoms with Crippen LogP contribution in [-0.2, 0) is 28.6 Å². The predicted octanol–water partition coefficient (Wildman–Crippen LogP) is 24.7. The van der Waals surface area contributed by atoms with Crippen molar-refractivity contribution in [2.24, 2.45) is 0 Å². The van der Waals surface area contributed by atoms with Gasteiger partial charge < -0.3 is 14.2 Å². The maximum absolute atomic E-state index is 12.9. The fraction of sp³-hybridized carbons (Fsp3) is 0.827. The summed E-state index contributed by atoms with van der Waals surface area (Å²) in [6, 6.07) is 0. The number of hydrogen-bond donors (Lipinski definition) is 0. The molecule has 0 aromatic heterocycles. The van der Waals surface area contributed by atoms with Crippen molar-refractivity contribution in [1.82, 2.24) is 0 Å². The topological polar surface area (TPSA) is 78.9 Å². The second-order valence-electron chi connectivity index (χ2n) is 24.1. The highest BCUT2D eigenvalue weighted by Crippen LogP contribution is 2.19. The summed E-state index contributed by atoms with van der Waals surface area (Å²) in [5.41, 5.74) is 0. The first kappa shape index (κ1) is 78.1. The molecule has 81 heavy (non-hydrogen) atoms. The third-order valence-corrected chi connectivity index (χ3v) is 16.0. The van der Waals surface area contributed by atoms with Crippen molar-refractivity contribution in [2.75, 3.05) is 13.2 Å². The van der Waals surface area contributed by atoms with Crippen molar-refractivity contribution in [3.8, 4) is 0 Å². The maximum Gasteiger partial charge on any atom is 0.306 e. The van der Waals surface area contributed by atoms with Gasteiger partial charge in [-0.15, -0.1) is 0 Å². The number of unbranched alkanes of at least 4 members (excludes halogenated alkanes) is 45. The van der Waals surface area contributed by atoms with Gasteiger partial charge >= 0.3 is 17.9 Å². The summed E-state index contributed by atoms with van der Waals surface area (Å²) in [6.07, 6.45) is 89.7. The van der Waals surface area contributed by atoms with Gasteiger partial charge in [0, 0.05) is 19.3 Å². The number of carbonyl (C=O) groups excluding carboxylic acids is 3. The molecular formula is C75H136O6. The van der Waals surface area contributed by atoms with Crippen molar-refractivity contribution < 1.29 is 28.6 Å². The van der Waals surface area contributed by atoms with Gasteiger partial charge in [0.2, 0.25) is 0 Å². The fourth-order valence-electron chi connectivity index (χ4n) is 10.7. The second-order valence-corrected chi connectivity index (χ2v) is 24.1.